The van der Waals surface area contributed by atoms with Gasteiger partial charge in [-0.05, 0) is 63.6 Å². The van der Waals surface area contributed by atoms with Crippen LogP contribution in [0.4, 0.5) is 0 Å². The Bertz CT molecular complexity index is 1270. The lowest BCUT2D eigenvalue weighted by Gasteiger charge is -2.37. The highest BCUT2D eigenvalue weighted by Gasteiger charge is 2.50. The molecule has 15 heteroatoms. The second-order valence-corrected chi connectivity index (χ2v) is 13.3. The van der Waals surface area contributed by atoms with E-state index < -0.39 is 31.2 Å². The fraction of sp³-hybridized carbons (Fsp3) is 0.630. The Morgan fingerprint density at radius 1 is 1.26 bits per heavy atom. The number of esters is 1. The number of hydrogen-bond acceptors (Lipinski definition) is 12. The van der Waals surface area contributed by atoms with E-state index in [0.717, 1.165) is 37.7 Å². The van der Waals surface area contributed by atoms with Gasteiger partial charge in [-0.15, -0.1) is 0 Å². The van der Waals surface area contributed by atoms with Crippen LogP contribution < -0.4 is 25.6 Å². The van der Waals surface area contributed by atoms with E-state index in [2.05, 4.69) is 20.4 Å². The fourth-order valence-electron chi connectivity index (χ4n) is 5.38. The van der Waals surface area contributed by atoms with Crippen molar-refractivity contribution in [2.24, 2.45) is 15.7 Å². The molecule has 3 aliphatic heterocycles. The number of rotatable bonds is 13. The molecule has 1 fully saturated rings. The second-order valence-electron chi connectivity index (χ2n) is 11.0. The molecule has 3 unspecified atom stereocenters. The van der Waals surface area contributed by atoms with Crippen LogP contribution in [0.15, 0.2) is 28.2 Å². The summed E-state index contributed by atoms with van der Waals surface area (Å²) in [6, 6.07) is 3.99. The molecular formula is C27H39N6O8P. The number of amides is 1. The summed E-state index contributed by atoms with van der Waals surface area (Å²) in [5.74, 6) is 0.536. The van der Waals surface area contributed by atoms with Crippen LogP contribution in [0.25, 0.3) is 0 Å². The topological polar surface area (TPSA) is 175 Å². The molecule has 1 amide bonds. The molecule has 42 heavy (non-hydrogen) atoms. The smallest absolute Gasteiger partial charge is 0.323 e. The zero-order chi connectivity index (χ0) is 29.7. The second kappa shape index (κ2) is 13.0. The van der Waals surface area contributed by atoms with Gasteiger partial charge in [-0.2, -0.15) is 0 Å². The quantitative estimate of drug-likeness (QED) is 0.170. The third-order valence-corrected chi connectivity index (χ3v) is 9.96. The number of carbonyl (C=O) groups excluding carboxylic acids is 2. The van der Waals surface area contributed by atoms with Crippen molar-refractivity contribution in [1.29, 1.82) is 0 Å². The maximum atomic E-state index is 14.0. The van der Waals surface area contributed by atoms with Gasteiger partial charge < -0.3 is 34.1 Å². The van der Waals surface area contributed by atoms with Gasteiger partial charge in [0.15, 0.2) is 29.2 Å². The first-order chi connectivity index (χ1) is 20.1. The molecule has 0 bridgehead atoms. The number of nitrogens with two attached hydrogens (primary N) is 1. The van der Waals surface area contributed by atoms with Crippen molar-refractivity contribution in [1.82, 2.24) is 15.3 Å². The highest BCUT2D eigenvalue weighted by molar-refractivity contribution is 7.56. The number of guanidine groups is 1. The fourth-order valence-corrected chi connectivity index (χ4v) is 7.33. The van der Waals surface area contributed by atoms with E-state index in [4.69, 9.17) is 29.2 Å². The Kier molecular flexibility index (Phi) is 9.36. The average molecular weight is 607 g/mol. The van der Waals surface area contributed by atoms with E-state index >= 15 is 0 Å². The third kappa shape index (κ3) is 7.05. The van der Waals surface area contributed by atoms with Crippen molar-refractivity contribution in [3.8, 4) is 11.5 Å². The van der Waals surface area contributed by atoms with E-state index in [0.29, 0.717) is 17.9 Å². The summed E-state index contributed by atoms with van der Waals surface area (Å²) in [5, 5.41) is 5.40. The van der Waals surface area contributed by atoms with Crippen molar-refractivity contribution in [3.05, 3.63) is 23.8 Å². The SMILES string of the molecule is C[C@@H](NP(=O)(CCc1ccc2c(c1)OCO2)OCCOCN1C=NC2C(=O)NC(N)=NC21C)C(=O)OC1CCCCC1. The van der Waals surface area contributed by atoms with Gasteiger partial charge in [-0.25, -0.2) is 10.1 Å². The summed E-state index contributed by atoms with van der Waals surface area (Å²) in [5.41, 5.74) is 5.65. The maximum Gasteiger partial charge on any atom is 0.323 e. The number of nitrogens with one attached hydrogen (secondary N) is 2. The predicted molar refractivity (Wildman–Crippen MR) is 153 cm³/mol. The van der Waals surface area contributed by atoms with E-state index in [1.165, 1.54) is 6.34 Å². The summed E-state index contributed by atoms with van der Waals surface area (Å²) in [7, 11) is -3.52. The third-order valence-electron chi connectivity index (χ3n) is 7.77. The minimum absolute atomic E-state index is 0.00712. The van der Waals surface area contributed by atoms with Gasteiger partial charge in [0.1, 0.15) is 18.9 Å². The van der Waals surface area contributed by atoms with Gasteiger partial charge in [0.2, 0.25) is 6.79 Å². The van der Waals surface area contributed by atoms with Gasteiger partial charge in [0, 0.05) is 6.16 Å². The molecule has 1 aromatic rings. The van der Waals surface area contributed by atoms with Crippen molar-refractivity contribution in [2.45, 2.75) is 76.2 Å². The minimum Gasteiger partial charge on any atom is -0.461 e. The van der Waals surface area contributed by atoms with Crippen LogP contribution in [-0.2, 0) is 34.6 Å². The first kappa shape index (κ1) is 30.3. The lowest BCUT2D eigenvalue weighted by Crippen LogP contribution is -2.60. The zero-order valence-corrected chi connectivity index (χ0v) is 24.8. The molecule has 0 radical (unpaired) electrons. The molecule has 1 saturated carbocycles. The first-order valence-corrected chi connectivity index (χ1v) is 16.1. The molecule has 1 aromatic carbocycles. The monoisotopic (exact) mass is 606 g/mol. The average Bonchev–Trinajstić information content (AvgIpc) is 3.56. The van der Waals surface area contributed by atoms with Gasteiger partial charge in [0.05, 0.1) is 19.6 Å². The van der Waals surface area contributed by atoms with Crippen molar-refractivity contribution in [3.63, 3.8) is 0 Å². The Morgan fingerprint density at radius 2 is 2.05 bits per heavy atom. The van der Waals surface area contributed by atoms with Gasteiger partial charge in [-0.1, -0.05) is 12.5 Å². The lowest BCUT2D eigenvalue weighted by molar-refractivity contribution is -0.152. The normalized spacial score (nSPS) is 25.4. The zero-order valence-electron chi connectivity index (χ0n) is 24.0. The van der Waals surface area contributed by atoms with Crippen LogP contribution in [0, 0.1) is 0 Å². The van der Waals surface area contributed by atoms with Gasteiger partial charge in [-0.3, -0.25) is 24.5 Å². The molecular weight excluding hydrogens is 567 g/mol. The van der Waals surface area contributed by atoms with Crippen LogP contribution in [0.2, 0.25) is 0 Å². The highest BCUT2D eigenvalue weighted by atomic mass is 31.2. The Morgan fingerprint density at radius 3 is 2.86 bits per heavy atom. The molecule has 0 spiro atoms. The molecule has 14 nitrogen and oxygen atoms in total. The molecule has 5 rings (SSSR count). The Balaban J connectivity index is 1.16. The summed E-state index contributed by atoms with van der Waals surface area (Å²) in [6.45, 7) is 3.69. The molecule has 230 valence electrons. The summed E-state index contributed by atoms with van der Waals surface area (Å²) < 4.78 is 42.2. The molecule has 0 saturated heterocycles. The van der Waals surface area contributed by atoms with E-state index in [-0.39, 0.29) is 50.9 Å². The maximum absolute atomic E-state index is 14.0. The molecule has 1 aliphatic carbocycles. The Hall–Kier alpha value is -3.19. The van der Waals surface area contributed by atoms with Crippen LogP contribution >= 0.6 is 7.52 Å². The number of ether oxygens (including phenoxy) is 4. The molecule has 4 atom stereocenters. The summed E-state index contributed by atoms with van der Waals surface area (Å²) >= 11 is 0. The number of aliphatic imine (C=N–C) groups is 2. The largest absolute Gasteiger partial charge is 0.461 e. The molecule has 3 heterocycles. The predicted octanol–water partition coefficient (Wildman–Crippen LogP) is 1.87. The Labute approximate surface area is 244 Å². The van der Waals surface area contributed by atoms with E-state index in [9.17, 15) is 14.2 Å². The van der Waals surface area contributed by atoms with Crippen LogP contribution in [0.3, 0.4) is 0 Å². The number of benzene rings is 1. The lowest BCUT2D eigenvalue weighted by atomic mass is 9.98. The number of carbonyl (C=O) groups is 2. The number of hydrogen-bond donors (Lipinski definition) is 3. The standard InChI is InChI=1S/C27H39N6O8P/c1-18(25(35)41-20-6-4-3-5-7-20)32-42(36,13-10-19-8-9-21-22(14-19)39-17-38-21)40-12-11-37-16-33-15-29-23-24(34)30-26(28)31-27(23,33)2/h8-9,14-15,18,20,23H,3-7,10-13,16-17H2,1-2H3,(H,32,36)(H3,28,30,31,34)/t18-,23?,27?,42?/m1/s1. The van der Waals surface area contributed by atoms with E-state index in [1.54, 1.807) is 18.7 Å². The molecule has 4 aliphatic rings. The van der Waals surface area contributed by atoms with Gasteiger partial charge in [0.25, 0.3) is 13.4 Å². The number of nitrogens with zero attached hydrogens (tertiary/aromatic N) is 3. The summed E-state index contributed by atoms with van der Waals surface area (Å²) in [4.78, 5) is 35.3. The van der Waals surface area contributed by atoms with Crippen molar-refractivity contribution < 1.29 is 37.6 Å². The minimum atomic E-state index is -3.52. The molecule has 0 aromatic heterocycles. The van der Waals surface area contributed by atoms with Crippen LogP contribution in [0.1, 0.15) is 51.5 Å². The van der Waals surface area contributed by atoms with Crippen molar-refractivity contribution in [2.75, 3.05) is 32.9 Å². The van der Waals surface area contributed by atoms with E-state index in [1.807, 2.05) is 18.2 Å². The van der Waals surface area contributed by atoms with Crippen molar-refractivity contribution >= 4 is 31.7 Å². The first-order valence-electron chi connectivity index (χ1n) is 14.3. The summed E-state index contributed by atoms with van der Waals surface area (Å²) in [6.07, 6.45) is 6.85. The number of fused-ring (bicyclic) bond motifs is 2. The van der Waals surface area contributed by atoms with Crippen LogP contribution in [-0.4, -0.2) is 85.8 Å². The van der Waals surface area contributed by atoms with Crippen LogP contribution in [0.5, 0.6) is 11.5 Å². The molecule has 4 N–H and O–H groups in total. The van der Waals surface area contributed by atoms with Gasteiger partial charge >= 0.3 is 5.97 Å². The highest BCUT2D eigenvalue weighted by Crippen LogP contribution is 2.44. The number of aryl methyl sites for hydroxylation is 1.